The van der Waals surface area contributed by atoms with Crippen LogP contribution in [0, 0.1) is 0 Å². The number of pyridine rings is 1. The number of carboxylic acid groups (broad SMARTS) is 1. The minimum atomic E-state index is -1.20. The molecule has 2 rings (SSSR count). The number of fused-ring (bicyclic) bond motifs is 1. The van der Waals surface area contributed by atoms with E-state index in [9.17, 15) is 10.0 Å². The Hall–Kier alpha value is -2.50. The first kappa shape index (κ1) is 10.0. The second-order valence-electron chi connectivity index (χ2n) is 3.19. The number of aromatic carboxylic acids is 1. The van der Waals surface area contributed by atoms with Gasteiger partial charge in [-0.05, 0) is 6.07 Å². The largest absolute Gasteiger partial charge is 0.478 e. The molecule has 0 bridgehead atoms. The van der Waals surface area contributed by atoms with E-state index in [1.165, 1.54) is 0 Å². The SMILES string of the molecule is N/N=c1\c(C(=O)O)cn(O)c2ccccc12. The number of benzene rings is 1. The first-order valence-electron chi connectivity index (χ1n) is 4.46. The average Bonchev–Trinajstić information content (AvgIpc) is 2.29. The fourth-order valence-electron chi connectivity index (χ4n) is 1.57. The number of carboxylic acids is 1. The molecule has 1 aromatic heterocycles. The van der Waals surface area contributed by atoms with Crippen molar-refractivity contribution in [2.24, 2.45) is 10.9 Å². The van der Waals surface area contributed by atoms with Crippen molar-refractivity contribution < 1.29 is 15.1 Å². The highest BCUT2D eigenvalue weighted by molar-refractivity contribution is 5.92. The summed E-state index contributed by atoms with van der Waals surface area (Å²) in [5, 5.41) is 22.6. The highest BCUT2D eigenvalue weighted by atomic mass is 16.5. The van der Waals surface area contributed by atoms with Gasteiger partial charge in [-0.2, -0.15) is 9.83 Å². The Bertz CT molecular complexity index is 631. The summed E-state index contributed by atoms with van der Waals surface area (Å²) in [6.07, 6.45) is 1.07. The van der Waals surface area contributed by atoms with Gasteiger partial charge >= 0.3 is 5.97 Å². The molecule has 6 heteroatoms. The Kier molecular flexibility index (Phi) is 2.24. The van der Waals surface area contributed by atoms with Gasteiger partial charge < -0.3 is 16.2 Å². The van der Waals surface area contributed by atoms with Crippen molar-refractivity contribution in [1.29, 1.82) is 0 Å². The average molecular weight is 219 g/mol. The van der Waals surface area contributed by atoms with E-state index in [4.69, 9.17) is 10.9 Å². The zero-order chi connectivity index (χ0) is 11.7. The van der Waals surface area contributed by atoms with Gasteiger partial charge in [0.1, 0.15) is 10.9 Å². The van der Waals surface area contributed by atoms with Crippen molar-refractivity contribution >= 4 is 16.9 Å². The zero-order valence-electron chi connectivity index (χ0n) is 8.16. The highest BCUT2D eigenvalue weighted by Gasteiger charge is 2.12. The highest BCUT2D eigenvalue weighted by Crippen LogP contribution is 2.09. The van der Waals surface area contributed by atoms with E-state index in [-0.39, 0.29) is 10.9 Å². The molecule has 0 aliphatic heterocycles. The molecule has 16 heavy (non-hydrogen) atoms. The molecule has 0 saturated carbocycles. The van der Waals surface area contributed by atoms with Gasteiger partial charge in [-0.3, -0.25) is 0 Å². The van der Waals surface area contributed by atoms with Crippen LogP contribution in [0.2, 0.25) is 0 Å². The molecule has 0 unspecified atom stereocenters. The van der Waals surface area contributed by atoms with Gasteiger partial charge in [0.05, 0.1) is 11.7 Å². The van der Waals surface area contributed by atoms with Crippen LogP contribution in [0.4, 0.5) is 0 Å². The van der Waals surface area contributed by atoms with Crippen LogP contribution < -0.4 is 11.2 Å². The summed E-state index contributed by atoms with van der Waals surface area (Å²) in [5.41, 5.74) is 0.292. The number of carbonyl (C=O) groups is 1. The number of hydrogen-bond donors (Lipinski definition) is 3. The number of nitrogens with zero attached hydrogens (tertiary/aromatic N) is 2. The number of rotatable bonds is 1. The lowest BCUT2D eigenvalue weighted by Crippen LogP contribution is -2.21. The van der Waals surface area contributed by atoms with Crippen molar-refractivity contribution in [3.63, 3.8) is 0 Å². The molecular formula is C10H9N3O3. The van der Waals surface area contributed by atoms with E-state index in [2.05, 4.69) is 5.10 Å². The lowest BCUT2D eigenvalue weighted by atomic mass is 10.1. The lowest BCUT2D eigenvalue weighted by Gasteiger charge is -2.06. The smallest absolute Gasteiger partial charge is 0.339 e. The summed E-state index contributed by atoms with van der Waals surface area (Å²) in [6.45, 7) is 0. The van der Waals surface area contributed by atoms with Crippen LogP contribution in [-0.2, 0) is 0 Å². The number of para-hydroxylation sites is 1. The van der Waals surface area contributed by atoms with Gasteiger partial charge in [-0.15, -0.1) is 0 Å². The van der Waals surface area contributed by atoms with Gasteiger partial charge in [-0.25, -0.2) is 4.79 Å². The maximum Gasteiger partial charge on any atom is 0.339 e. The van der Waals surface area contributed by atoms with Crippen molar-refractivity contribution in [2.45, 2.75) is 0 Å². The predicted octanol–water partition coefficient (Wildman–Crippen LogP) is 0.351. The quantitative estimate of drug-likeness (QED) is 0.366. The maximum absolute atomic E-state index is 10.9. The van der Waals surface area contributed by atoms with Gasteiger partial charge in [0.25, 0.3) is 0 Å². The molecule has 0 spiro atoms. The molecule has 4 N–H and O–H groups in total. The first-order valence-corrected chi connectivity index (χ1v) is 4.46. The molecule has 0 fully saturated rings. The summed E-state index contributed by atoms with van der Waals surface area (Å²) in [7, 11) is 0. The van der Waals surface area contributed by atoms with E-state index in [0.717, 1.165) is 10.9 Å². The summed E-state index contributed by atoms with van der Waals surface area (Å²) < 4.78 is 0.744. The van der Waals surface area contributed by atoms with Gasteiger partial charge in [0.2, 0.25) is 0 Å². The molecule has 2 aromatic rings. The van der Waals surface area contributed by atoms with Crippen LogP contribution in [0.1, 0.15) is 10.4 Å². The normalized spacial score (nSPS) is 11.9. The summed E-state index contributed by atoms with van der Waals surface area (Å²) in [6, 6.07) is 6.70. The molecular weight excluding hydrogens is 210 g/mol. The Morgan fingerprint density at radius 2 is 2.06 bits per heavy atom. The minimum absolute atomic E-state index is 0.147. The summed E-state index contributed by atoms with van der Waals surface area (Å²) in [4.78, 5) is 10.9. The molecule has 0 saturated heterocycles. The Morgan fingerprint density at radius 1 is 1.38 bits per heavy atom. The van der Waals surface area contributed by atoms with Crippen molar-refractivity contribution in [2.75, 3.05) is 0 Å². The van der Waals surface area contributed by atoms with Crippen molar-refractivity contribution in [3.05, 3.63) is 41.4 Å². The molecule has 1 heterocycles. The summed E-state index contributed by atoms with van der Waals surface area (Å²) in [5.74, 6) is 3.98. The van der Waals surface area contributed by atoms with Crippen LogP contribution in [0.25, 0.3) is 10.9 Å². The fraction of sp³-hybridized carbons (Fsp3) is 0. The summed E-state index contributed by atoms with van der Waals surface area (Å²) >= 11 is 0. The zero-order valence-corrected chi connectivity index (χ0v) is 8.16. The van der Waals surface area contributed by atoms with Gasteiger partial charge in [0.15, 0.2) is 0 Å². The third kappa shape index (κ3) is 1.36. The fourth-order valence-corrected chi connectivity index (χ4v) is 1.57. The predicted molar refractivity (Wildman–Crippen MR) is 55.8 cm³/mol. The monoisotopic (exact) mass is 219 g/mol. The minimum Gasteiger partial charge on any atom is -0.478 e. The van der Waals surface area contributed by atoms with E-state index in [1.54, 1.807) is 24.3 Å². The van der Waals surface area contributed by atoms with Crippen LogP contribution in [0.15, 0.2) is 35.6 Å². The number of nitrogens with two attached hydrogens (primary N) is 1. The van der Waals surface area contributed by atoms with Gasteiger partial charge in [-0.1, -0.05) is 18.2 Å². The van der Waals surface area contributed by atoms with Crippen LogP contribution in [0.5, 0.6) is 0 Å². The molecule has 0 aliphatic rings. The molecule has 6 nitrogen and oxygen atoms in total. The van der Waals surface area contributed by atoms with Crippen molar-refractivity contribution in [3.8, 4) is 0 Å². The van der Waals surface area contributed by atoms with Crippen LogP contribution in [0.3, 0.4) is 0 Å². The molecule has 1 aromatic carbocycles. The van der Waals surface area contributed by atoms with Crippen molar-refractivity contribution in [1.82, 2.24) is 4.73 Å². The standard InChI is InChI=1S/C10H9N3O3/c11-12-9-6-3-1-2-4-8(6)13(16)5-7(9)10(14)15/h1-5,16H,11H2,(H,14,15)/b12-9-. The van der Waals surface area contributed by atoms with Crippen LogP contribution >= 0.6 is 0 Å². The number of aromatic nitrogens is 1. The third-order valence-electron chi connectivity index (χ3n) is 2.27. The third-order valence-corrected chi connectivity index (χ3v) is 2.27. The molecule has 82 valence electrons. The van der Waals surface area contributed by atoms with E-state index < -0.39 is 5.97 Å². The first-order chi connectivity index (χ1) is 7.65. The van der Waals surface area contributed by atoms with E-state index in [0.29, 0.717) is 10.9 Å². The topological polar surface area (TPSA) is 101 Å². The molecule has 0 amide bonds. The lowest BCUT2D eigenvalue weighted by molar-refractivity contribution is 0.0690. The number of hydrogen-bond acceptors (Lipinski definition) is 4. The van der Waals surface area contributed by atoms with Crippen LogP contribution in [-0.4, -0.2) is 21.0 Å². The van der Waals surface area contributed by atoms with E-state index >= 15 is 0 Å². The van der Waals surface area contributed by atoms with Gasteiger partial charge in [0, 0.05) is 5.39 Å². The second-order valence-corrected chi connectivity index (χ2v) is 3.19. The maximum atomic E-state index is 10.9. The van der Waals surface area contributed by atoms with E-state index in [1.807, 2.05) is 0 Å². The molecule has 0 atom stereocenters. The molecule has 0 radical (unpaired) electrons. The molecule has 0 aliphatic carbocycles. The Labute approximate surface area is 89.8 Å². The Balaban J connectivity index is 3.03. The second kappa shape index (κ2) is 3.58. The Morgan fingerprint density at radius 3 is 2.69 bits per heavy atom.